The van der Waals surface area contributed by atoms with Crippen molar-refractivity contribution in [3.63, 3.8) is 0 Å². The highest BCUT2D eigenvalue weighted by atomic mass is 79.9. The molecule has 0 bridgehead atoms. The largest absolute Gasteiger partial charge is 0.136 e. The molecule has 15 heteroatoms. The number of hydrogen-bond donors (Lipinski definition) is 0. The van der Waals surface area contributed by atoms with Crippen LogP contribution >= 0.6 is 239 Å². The summed E-state index contributed by atoms with van der Waals surface area (Å²) in [4.78, 5) is 0. The summed E-state index contributed by atoms with van der Waals surface area (Å²) in [6, 6.07) is 6.14. The van der Waals surface area contributed by atoms with Crippen molar-refractivity contribution in [3.8, 4) is 0 Å². The molecule has 0 saturated heterocycles. The van der Waals surface area contributed by atoms with E-state index in [0.29, 0.717) is 0 Å². The van der Waals surface area contributed by atoms with Crippen molar-refractivity contribution in [2.45, 2.75) is 6.47 Å². The Balaban J connectivity index is 2.23. The maximum absolute atomic E-state index is 4.10. The Morgan fingerprint density at radius 2 is 0.757 bits per heavy atom. The van der Waals surface area contributed by atoms with Gasteiger partial charge in [-0.15, -0.1) is 0 Å². The standard InChI is InChI=1S/C22H3Br15/c23-5-3-1-2-4-6(5)11(24)17(30)15(28)9(4)21(34,35)22(36,37)10-7-8(13(26)18(31)16(10)29)14(27)20(33)19(32)12(7)25/h1-3H. The van der Waals surface area contributed by atoms with Crippen LogP contribution in [0.1, 0.15) is 11.1 Å². The summed E-state index contributed by atoms with van der Waals surface area (Å²) in [5.74, 6) is 0. The van der Waals surface area contributed by atoms with Gasteiger partial charge in [0.05, 0.1) is 0 Å². The molecular weight excluding hydrogens is 1460 g/mol. The van der Waals surface area contributed by atoms with Gasteiger partial charge in [-0.2, -0.15) is 0 Å². The van der Waals surface area contributed by atoms with Gasteiger partial charge in [0.2, 0.25) is 0 Å². The average Bonchev–Trinajstić information content (AvgIpc) is 2.82. The Labute approximate surface area is 339 Å². The number of hydrogen-bond acceptors (Lipinski definition) is 0. The fraction of sp³-hybridized carbons (Fsp3) is 0.0909. The molecule has 4 aromatic carbocycles. The molecule has 0 aliphatic heterocycles. The fourth-order valence-electron chi connectivity index (χ4n) is 3.80. The lowest BCUT2D eigenvalue weighted by molar-refractivity contribution is 0.846. The summed E-state index contributed by atoms with van der Waals surface area (Å²) >= 11 is 58.1. The molecule has 0 spiro atoms. The van der Waals surface area contributed by atoms with Gasteiger partial charge in [-0.1, -0.05) is 91.8 Å². The van der Waals surface area contributed by atoms with Crippen molar-refractivity contribution in [3.05, 3.63) is 78.5 Å². The molecule has 0 aromatic heterocycles. The van der Waals surface area contributed by atoms with E-state index >= 15 is 0 Å². The van der Waals surface area contributed by atoms with Gasteiger partial charge in [-0.3, -0.25) is 0 Å². The van der Waals surface area contributed by atoms with Crippen molar-refractivity contribution >= 4 is 260 Å². The molecule has 0 aliphatic carbocycles. The lowest BCUT2D eigenvalue weighted by atomic mass is 9.95. The third-order valence-electron chi connectivity index (χ3n) is 5.47. The van der Waals surface area contributed by atoms with Crippen molar-refractivity contribution < 1.29 is 0 Å². The Bertz CT molecular complexity index is 1630. The monoisotopic (exact) mass is 1450 g/mol. The van der Waals surface area contributed by atoms with Crippen molar-refractivity contribution in [2.75, 3.05) is 0 Å². The van der Waals surface area contributed by atoms with Crippen LogP contribution in [0.2, 0.25) is 0 Å². The molecule has 37 heavy (non-hydrogen) atoms. The molecule has 0 saturated carbocycles. The second-order valence-corrected chi connectivity index (χ2v) is 23.1. The first-order valence-corrected chi connectivity index (χ1v) is 21.2. The molecule has 0 heterocycles. The smallest absolute Gasteiger partial charge is 0.0644 e. The zero-order valence-electron chi connectivity index (χ0n) is 16.9. The third kappa shape index (κ3) is 5.64. The van der Waals surface area contributed by atoms with E-state index in [0.717, 1.165) is 81.9 Å². The van der Waals surface area contributed by atoms with E-state index in [9.17, 15) is 0 Å². The molecule has 4 rings (SSSR count). The summed E-state index contributed by atoms with van der Waals surface area (Å²) in [6.07, 6.45) is 0. The highest BCUT2D eigenvalue weighted by Gasteiger charge is 2.52. The first-order chi connectivity index (χ1) is 17.0. The van der Waals surface area contributed by atoms with Crippen LogP contribution in [0.5, 0.6) is 0 Å². The van der Waals surface area contributed by atoms with Crippen LogP contribution in [0.4, 0.5) is 0 Å². The molecule has 0 N–H and O–H groups in total. The fourth-order valence-corrected chi connectivity index (χ4v) is 14.8. The zero-order chi connectivity index (χ0) is 27.9. The summed E-state index contributed by atoms with van der Waals surface area (Å²) in [7, 11) is 0. The van der Waals surface area contributed by atoms with Crippen LogP contribution in [0.3, 0.4) is 0 Å². The Hall–Kier alpha value is 4.60. The zero-order valence-corrected chi connectivity index (χ0v) is 40.7. The summed E-state index contributed by atoms with van der Waals surface area (Å²) in [6.45, 7) is 0. The number of alkyl halides is 4. The van der Waals surface area contributed by atoms with Gasteiger partial charge >= 0.3 is 0 Å². The highest BCUT2D eigenvalue weighted by molar-refractivity contribution is 9.29. The van der Waals surface area contributed by atoms with Gasteiger partial charge in [0.1, 0.15) is 6.47 Å². The summed E-state index contributed by atoms with van der Waals surface area (Å²) < 4.78 is 7.99. The first kappa shape index (κ1) is 34.5. The maximum atomic E-state index is 4.10. The molecule has 0 fully saturated rings. The van der Waals surface area contributed by atoms with Crippen LogP contribution < -0.4 is 0 Å². The van der Waals surface area contributed by atoms with Crippen molar-refractivity contribution in [1.29, 1.82) is 0 Å². The van der Waals surface area contributed by atoms with E-state index in [1.165, 1.54) is 0 Å². The Morgan fingerprint density at radius 3 is 1.27 bits per heavy atom. The van der Waals surface area contributed by atoms with Crippen LogP contribution in [0.25, 0.3) is 21.5 Å². The number of rotatable bonds is 3. The van der Waals surface area contributed by atoms with Crippen LogP contribution in [0.15, 0.2) is 67.4 Å². The molecule has 196 valence electrons. The molecule has 4 aromatic rings. The van der Waals surface area contributed by atoms with E-state index in [2.05, 4.69) is 245 Å². The molecule has 0 amide bonds. The summed E-state index contributed by atoms with van der Waals surface area (Å²) in [5, 5.41) is 3.98. The Kier molecular flexibility index (Phi) is 11.9. The number of fused-ring (bicyclic) bond motifs is 2. The SMILES string of the molecule is Brc1c(Br)c(Br)c2c(Br)cccc2c1C(Br)(Br)C(Br)(Br)c1c(Br)c(Br)c(Br)c2c(Br)c(Br)c(Br)c(Br)c12. The lowest BCUT2D eigenvalue weighted by Crippen LogP contribution is -2.31. The minimum Gasteiger partial charge on any atom is -0.0644 e. The summed E-state index contributed by atoms with van der Waals surface area (Å²) in [5.41, 5.74) is 1.87. The van der Waals surface area contributed by atoms with Gasteiger partial charge < -0.3 is 0 Å². The molecule has 0 unspecified atom stereocenters. The van der Waals surface area contributed by atoms with Crippen LogP contribution in [-0.4, -0.2) is 0 Å². The van der Waals surface area contributed by atoms with E-state index in [1.54, 1.807) is 0 Å². The Morgan fingerprint density at radius 1 is 0.378 bits per heavy atom. The van der Waals surface area contributed by atoms with Crippen molar-refractivity contribution in [1.82, 2.24) is 0 Å². The van der Waals surface area contributed by atoms with Gasteiger partial charge in [-0.05, 0) is 171 Å². The maximum Gasteiger partial charge on any atom is 0.136 e. The quantitative estimate of drug-likeness (QED) is 0.109. The number of benzene rings is 4. The van der Waals surface area contributed by atoms with E-state index < -0.39 is 6.47 Å². The predicted molar refractivity (Wildman–Crippen MR) is 212 cm³/mol. The third-order valence-corrected chi connectivity index (χ3v) is 23.9. The normalized spacial score (nSPS) is 12.7. The molecule has 0 atom stereocenters. The van der Waals surface area contributed by atoms with Crippen LogP contribution in [-0.2, 0) is 6.47 Å². The highest BCUT2D eigenvalue weighted by Crippen LogP contribution is 2.68. The topological polar surface area (TPSA) is 0 Å². The van der Waals surface area contributed by atoms with E-state index in [-0.39, 0.29) is 0 Å². The second-order valence-electron chi connectivity index (χ2n) is 7.45. The van der Waals surface area contributed by atoms with Crippen molar-refractivity contribution in [2.24, 2.45) is 0 Å². The minimum absolute atomic E-state index is 0.850. The van der Waals surface area contributed by atoms with Gasteiger partial charge in [0.25, 0.3) is 0 Å². The molecular formula is C22H3Br15. The molecule has 0 nitrogen and oxygen atoms in total. The second kappa shape index (κ2) is 12.8. The molecule has 0 aliphatic rings. The average molecular weight is 1470 g/mol. The number of halogens is 15. The predicted octanol–water partition coefficient (Wildman–Crippen LogP) is 17.0. The van der Waals surface area contributed by atoms with Gasteiger partial charge in [-0.25, -0.2) is 0 Å². The first-order valence-electron chi connectivity index (χ1n) is 9.33. The van der Waals surface area contributed by atoms with Gasteiger partial charge in [0.15, 0.2) is 0 Å². The van der Waals surface area contributed by atoms with E-state index in [4.69, 9.17) is 0 Å². The lowest BCUT2D eigenvalue weighted by Gasteiger charge is -2.39. The van der Waals surface area contributed by atoms with Gasteiger partial charge in [0, 0.05) is 76.5 Å². The minimum atomic E-state index is -0.923. The molecule has 0 radical (unpaired) electrons. The van der Waals surface area contributed by atoms with E-state index in [1.807, 2.05) is 12.1 Å². The van der Waals surface area contributed by atoms with Crippen LogP contribution in [0, 0.1) is 0 Å².